The molecule has 0 saturated heterocycles. The second kappa shape index (κ2) is 4.23. The van der Waals surface area contributed by atoms with E-state index in [4.69, 9.17) is 5.73 Å². The first-order valence-corrected chi connectivity index (χ1v) is 4.65. The molecule has 3 N–H and O–H groups in total. The maximum atomic E-state index is 10.4. The van der Waals surface area contributed by atoms with Crippen LogP contribution in [0.15, 0.2) is 10.8 Å². The zero-order chi connectivity index (χ0) is 8.97. The Hall–Kier alpha value is -0.870. The van der Waals surface area contributed by atoms with Gasteiger partial charge < -0.3 is 11.1 Å². The summed E-state index contributed by atoms with van der Waals surface area (Å²) < 4.78 is 0. The molecule has 0 fully saturated rings. The number of amides is 1. The third-order valence-corrected chi connectivity index (χ3v) is 2.49. The standard InChI is InChI=1S/C8H12N2OS/c1-6-4-12-5-7(6)2-10-3-8(9)11/h4-5,10H,2-3H2,1H3,(H2,9,11). The average molecular weight is 184 g/mol. The zero-order valence-electron chi connectivity index (χ0n) is 6.96. The van der Waals surface area contributed by atoms with Gasteiger partial charge in [0, 0.05) is 6.54 Å². The van der Waals surface area contributed by atoms with E-state index in [0.717, 1.165) is 6.54 Å². The fraction of sp³-hybridized carbons (Fsp3) is 0.375. The average Bonchev–Trinajstić information content (AvgIpc) is 2.36. The molecule has 12 heavy (non-hydrogen) atoms. The monoisotopic (exact) mass is 184 g/mol. The smallest absolute Gasteiger partial charge is 0.231 e. The molecular formula is C8H12N2OS. The molecule has 0 radical (unpaired) electrons. The molecule has 0 spiro atoms. The molecule has 0 atom stereocenters. The molecule has 0 unspecified atom stereocenters. The number of carbonyl (C=O) groups is 1. The van der Waals surface area contributed by atoms with Crippen LogP contribution in [-0.2, 0) is 11.3 Å². The molecule has 1 amide bonds. The first-order valence-electron chi connectivity index (χ1n) is 3.71. The zero-order valence-corrected chi connectivity index (χ0v) is 7.78. The molecular weight excluding hydrogens is 172 g/mol. The number of nitrogens with one attached hydrogen (secondary N) is 1. The van der Waals surface area contributed by atoms with Crippen molar-refractivity contribution < 1.29 is 4.79 Å². The van der Waals surface area contributed by atoms with Crippen LogP contribution < -0.4 is 11.1 Å². The topological polar surface area (TPSA) is 55.1 Å². The summed E-state index contributed by atoms with van der Waals surface area (Å²) in [6.45, 7) is 3.02. The van der Waals surface area contributed by atoms with E-state index in [9.17, 15) is 4.79 Å². The highest BCUT2D eigenvalue weighted by molar-refractivity contribution is 7.08. The van der Waals surface area contributed by atoms with Crippen molar-refractivity contribution in [2.45, 2.75) is 13.5 Å². The summed E-state index contributed by atoms with van der Waals surface area (Å²) in [4.78, 5) is 10.4. The van der Waals surface area contributed by atoms with Crippen LogP contribution in [0.2, 0.25) is 0 Å². The lowest BCUT2D eigenvalue weighted by molar-refractivity contribution is -0.117. The Morgan fingerprint density at radius 3 is 2.92 bits per heavy atom. The third kappa shape index (κ3) is 2.64. The first-order chi connectivity index (χ1) is 5.70. The Morgan fingerprint density at radius 1 is 1.67 bits per heavy atom. The maximum absolute atomic E-state index is 10.4. The minimum absolute atomic E-state index is 0.245. The molecule has 1 aromatic rings. The third-order valence-electron chi connectivity index (χ3n) is 1.58. The van der Waals surface area contributed by atoms with Crippen LogP contribution in [0.4, 0.5) is 0 Å². The van der Waals surface area contributed by atoms with Gasteiger partial charge in [-0.2, -0.15) is 11.3 Å². The van der Waals surface area contributed by atoms with E-state index in [1.807, 2.05) is 0 Å². The molecule has 1 rings (SSSR count). The number of nitrogens with two attached hydrogens (primary N) is 1. The molecule has 0 aliphatic rings. The van der Waals surface area contributed by atoms with Crippen molar-refractivity contribution in [3.8, 4) is 0 Å². The Bertz CT molecular complexity index is 270. The van der Waals surface area contributed by atoms with Gasteiger partial charge in [0.15, 0.2) is 0 Å². The number of rotatable bonds is 4. The van der Waals surface area contributed by atoms with Gasteiger partial charge in [0.05, 0.1) is 6.54 Å². The normalized spacial score (nSPS) is 10.1. The fourth-order valence-electron chi connectivity index (χ4n) is 0.888. The predicted octanol–water partition coefficient (Wildman–Crippen LogP) is 0.631. The van der Waals surface area contributed by atoms with E-state index in [2.05, 4.69) is 23.0 Å². The number of hydrogen-bond acceptors (Lipinski definition) is 3. The van der Waals surface area contributed by atoms with Crippen LogP contribution in [0.25, 0.3) is 0 Å². The number of hydrogen-bond donors (Lipinski definition) is 2. The van der Waals surface area contributed by atoms with E-state index in [1.165, 1.54) is 11.1 Å². The highest BCUT2D eigenvalue weighted by Crippen LogP contribution is 2.12. The molecule has 0 aliphatic heterocycles. The summed E-state index contributed by atoms with van der Waals surface area (Å²) in [5, 5.41) is 7.12. The van der Waals surface area contributed by atoms with Gasteiger partial charge in [-0.15, -0.1) is 0 Å². The van der Waals surface area contributed by atoms with Crippen molar-refractivity contribution >= 4 is 17.2 Å². The summed E-state index contributed by atoms with van der Waals surface area (Å²) in [6.07, 6.45) is 0. The van der Waals surface area contributed by atoms with Gasteiger partial charge in [-0.05, 0) is 28.8 Å². The van der Waals surface area contributed by atoms with Crippen LogP contribution in [-0.4, -0.2) is 12.5 Å². The lowest BCUT2D eigenvalue weighted by atomic mass is 10.2. The number of primary amides is 1. The van der Waals surface area contributed by atoms with E-state index in [-0.39, 0.29) is 12.5 Å². The number of aryl methyl sites for hydroxylation is 1. The van der Waals surface area contributed by atoms with E-state index in [0.29, 0.717) is 0 Å². The fourth-order valence-corrected chi connectivity index (χ4v) is 1.75. The van der Waals surface area contributed by atoms with Gasteiger partial charge in [0.2, 0.25) is 5.91 Å². The van der Waals surface area contributed by atoms with E-state index >= 15 is 0 Å². The molecule has 0 aliphatic carbocycles. The first kappa shape index (κ1) is 9.22. The Labute approximate surface area is 75.6 Å². The lowest BCUT2D eigenvalue weighted by Crippen LogP contribution is -2.28. The van der Waals surface area contributed by atoms with Crippen molar-refractivity contribution in [3.05, 3.63) is 21.9 Å². The van der Waals surface area contributed by atoms with Crippen LogP contribution in [0.3, 0.4) is 0 Å². The van der Waals surface area contributed by atoms with Gasteiger partial charge in [-0.25, -0.2) is 0 Å². The summed E-state index contributed by atoms with van der Waals surface area (Å²) in [5.41, 5.74) is 7.47. The Balaban J connectivity index is 2.33. The second-order valence-electron chi connectivity index (χ2n) is 2.65. The quantitative estimate of drug-likeness (QED) is 0.721. The predicted molar refractivity (Wildman–Crippen MR) is 50.0 cm³/mol. The Kier molecular flexibility index (Phi) is 3.25. The molecule has 1 aromatic heterocycles. The molecule has 0 aromatic carbocycles. The van der Waals surface area contributed by atoms with Crippen molar-refractivity contribution in [2.75, 3.05) is 6.54 Å². The largest absolute Gasteiger partial charge is 0.369 e. The Morgan fingerprint density at radius 2 is 2.42 bits per heavy atom. The molecule has 66 valence electrons. The minimum atomic E-state index is -0.317. The van der Waals surface area contributed by atoms with Crippen molar-refractivity contribution in [3.63, 3.8) is 0 Å². The lowest BCUT2D eigenvalue weighted by Gasteiger charge is -2.00. The van der Waals surface area contributed by atoms with Crippen molar-refractivity contribution in [2.24, 2.45) is 5.73 Å². The van der Waals surface area contributed by atoms with Gasteiger partial charge in [-0.3, -0.25) is 4.79 Å². The summed E-state index contributed by atoms with van der Waals surface area (Å²) >= 11 is 1.67. The highest BCUT2D eigenvalue weighted by atomic mass is 32.1. The van der Waals surface area contributed by atoms with Crippen LogP contribution in [0.5, 0.6) is 0 Å². The van der Waals surface area contributed by atoms with Crippen molar-refractivity contribution in [1.82, 2.24) is 5.32 Å². The summed E-state index contributed by atoms with van der Waals surface area (Å²) in [5.74, 6) is -0.317. The highest BCUT2D eigenvalue weighted by Gasteiger charge is 1.98. The summed E-state index contributed by atoms with van der Waals surface area (Å²) in [7, 11) is 0. The van der Waals surface area contributed by atoms with E-state index in [1.54, 1.807) is 11.3 Å². The molecule has 0 saturated carbocycles. The summed E-state index contributed by atoms with van der Waals surface area (Å²) in [6, 6.07) is 0. The van der Waals surface area contributed by atoms with Gasteiger partial charge >= 0.3 is 0 Å². The van der Waals surface area contributed by atoms with Crippen LogP contribution in [0.1, 0.15) is 11.1 Å². The van der Waals surface area contributed by atoms with Gasteiger partial charge in [0.25, 0.3) is 0 Å². The molecule has 4 heteroatoms. The molecule has 1 heterocycles. The van der Waals surface area contributed by atoms with Crippen molar-refractivity contribution in [1.29, 1.82) is 0 Å². The molecule has 0 bridgehead atoms. The van der Waals surface area contributed by atoms with Gasteiger partial charge in [0.1, 0.15) is 0 Å². The van der Waals surface area contributed by atoms with Crippen LogP contribution in [0, 0.1) is 6.92 Å². The molecule has 3 nitrogen and oxygen atoms in total. The minimum Gasteiger partial charge on any atom is -0.369 e. The van der Waals surface area contributed by atoms with Crippen LogP contribution >= 0.6 is 11.3 Å². The van der Waals surface area contributed by atoms with E-state index < -0.39 is 0 Å². The van der Waals surface area contributed by atoms with Gasteiger partial charge in [-0.1, -0.05) is 0 Å². The SMILES string of the molecule is Cc1cscc1CNCC(N)=O. The number of carbonyl (C=O) groups excluding carboxylic acids is 1. The number of thiophene rings is 1. The second-order valence-corrected chi connectivity index (χ2v) is 3.39. The maximum Gasteiger partial charge on any atom is 0.231 e.